The molecule has 0 aromatic heterocycles. The summed E-state index contributed by atoms with van der Waals surface area (Å²) in [6, 6.07) is 14.7. The van der Waals surface area contributed by atoms with Gasteiger partial charge >= 0.3 is 5.97 Å². The molecule has 0 amide bonds. The third kappa shape index (κ3) is 4.77. The largest absolute Gasteiger partial charge is 0.476 e. The molecule has 3 rings (SSSR count). The van der Waals surface area contributed by atoms with Gasteiger partial charge in [0.25, 0.3) is 0 Å². The zero-order valence-corrected chi connectivity index (χ0v) is 16.7. The summed E-state index contributed by atoms with van der Waals surface area (Å²) < 4.78 is 10.6. The van der Waals surface area contributed by atoms with Crippen LogP contribution in [0.1, 0.15) is 42.9 Å². The van der Waals surface area contributed by atoms with E-state index in [-0.39, 0.29) is 12.5 Å². The minimum Gasteiger partial charge on any atom is -0.476 e. The van der Waals surface area contributed by atoms with E-state index in [0.717, 1.165) is 23.1 Å². The van der Waals surface area contributed by atoms with Crippen LogP contribution in [0, 0.1) is 12.3 Å². The van der Waals surface area contributed by atoms with Crippen LogP contribution < -0.4 is 4.74 Å². The van der Waals surface area contributed by atoms with E-state index in [9.17, 15) is 4.79 Å². The van der Waals surface area contributed by atoms with Crippen molar-refractivity contribution in [3.63, 3.8) is 0 Å². The summed E-state index contributed by atoms with van der Waals surface area (Å²) in [6.07, 6.45) is 6.08. The first kappa shape index (κ1) is 19.6. The Hall–Kier alpha value is -2.15. The molecule has 0 heterocycles. The number of halogens is 2. The van der Waals surface area contributed by atoms with Crippen molar-refractivity contribution in [1.29, 1.82) is 0 Å². The van der Waals surface area contributed by atoms with Crippen LogP contribution in [-0.2, 0) is 16.1 Å². The highest BCUT2D eigenvalue weighted by atomic mass is 35.5. The zero-order chi connectivity index (χ0) is 19.7. The Morgan fingerprint density at radius 2 is 1.78 bits per heavy atom. The lowest BCUT2D eigenvalue weighted by Crippen LogP contribution is -2.39. The molecule has 27 heavy (non-hydrogen) atoms. The minimum atomic E-state index is -1.12. The molecular weight excluding hydrogens is 383 g/mol. The summed E-state index contributed by atoms with van der Waals surface area (Å²) in [5.41, 5.74) is 1.58. The average Bonchev–Trinajstić information content (AvgIpc) is 3.28. The average molecular weight is 403 g/mol. The lowest BCUT2D eigenvalue weighted by molar-refractivity contribution is -0.160. The van der Waals surface area contributed by atoms with Crippen molar-refractivity contribution in [1.82, 2.24) is 0 Å². The van der Waals surface area contributed by atoms with Gasteiger partial charge in [0, 0.05) is 11.5 Å². The monoisotopic (exact) mass is 402 g/mol. The third-order valence-electron chi connectivity index (χ3n) is 4.46. The SMILES string of the molecule is C#Cc1ccc(COC(=O)C(C)(C)Oc2ccc(C3CC3(Cl)Cl)cc2)cc1. The number of alkyl halides is 2. The van der Waals surface area contributed by atoms with Crippen molar-refractivity contribution < 1.29 is 14.3 Å². The van der Waals surface area contributed by atoms with Crippen molar-refractivity contribution in [2.45, 2.75) is 42.7 Å². The Bertz CT molecular complexity index is 862. The number of benzene rings is 2. The van der Waals surface area contributed by atoms with Gasteiger partial charge in [-0.2, -0.15) is 0 Å². The van der Waals surface area contributed by atoms with Crippen LogP contribution in [0.4, 0.5) is 0 Å². The van der Waals surface area contributed by atoms with Gasteiger partial charge in [-0.15, -0.1) is 29.6 Å². The summed E-state index contributed by atoms with van der Waals surface area (Å²) in [4.78, 5) is 12.4. The first-order valence-corrected chi connectivity index (χ1v) is 9.36. The number of carbonyl (C=O) groups is 1. The van der Waals surface area contributed by atoms with Crippen LogP contribution in [0.25, 0.3) is 0 Å². The maximum Gasteiger partial charge on any atom is 0.350 e. The number of esters is 1. The molecule has 140 valence electrons. The van der Waals surface area contributed by atoms with Crippen molar-refractivity contribution >= 4 is 29.2 Å². The highest BCUT2D eigenvalue weighted by Gasteiger charge is 2.52. The topological polar surface area (TPSA) is 35.5 Å². The molecule has 0 radical (unpaired) electrons. The number of ether oxygens (including phenoxy) is 2. The van der Waals surface area contributed by atoms with Gasteiger partial charge in [0.05, 0.1) is 0 Å². The molecule has 1 atom stereocenters. The Morgan fingerprint density at radius 1 is 1.19 bits per heavy atom. The predicted octanol–water partition coefficient (Wildman–Crippen LogP) is 5.23. The van der Waals surface area contributed by atoms with Gasteiger partial charge in [-0.05, 0) is 55.7 Å². The number of rotatable bonds is 6. The van der Waals surface area contributed by atoms with Crippen LogP contribution in [-0.4, -0.2) is 15.9 Å². The molecule has 2 aromatic rings. The Balaban J connectivity index is 1.56. The molecule has 3 nitrogen and oxygen atoms in total. The van der Waals surface area contributed by atoms with E-state index in [1.54, 1.807) is 13.8 Å². The molecule has 0 aliphatic heterocycles. The molecule has 1 saturated carbocycles. The predicted molar refractivity (Wildman–Crippen MR) is 107 cm³/mol. The van der Waals surface area contributed by atoms with Crippen LogP contribution >= 0.6 is 23.2 Å². The molecule has 1 aliphatic carbocycles. The molecule has 0 saturated heterocycles. The maximum absolute atomic E-state index is 12.4. The van der Waals surface area contributed by atoms with E-state index in [4.69, 9.17) is 39.1 Å². The molecule has 0 bridgehead atoms. The second kappa shape index (κ2) is 7.46. The van der Waals surface area contributed by atoms with Gasteiger partial charge in [-0.1, -0.05) is 30.2 Å². The summed E-state index contributed by atoms with van der Waals surface area (Å²) in [6.45, 7) is 3.51. The van der Waals surface area contributed by atoms with Crippen LogP contribution in [0.15, 0.2) is 48.5 Å². The van der Waals surface area contributed by atoms with Crippen molar-refractivity contribution in [3.05, 3.63) is 65.2 Å². The summed E-state index contributed by atoms with van der Waals surface area (Å²) in [7, 11) is 0. The molecule has 2 aromatic carbocycles. The normalized spacial score (nSPS) is 17.7. The molecule has 1 aliphatic rings. The van der Waals surface area contributed by atoms with Crippen LogP contribution in [0.3, 0.4) is 0 Å². The van der Waals surface area contributed by atoms with E-state index in [0.29, 0.717) is 5.75 Å². The fourth-order valence-electron chi connectivity index (χ4n) is 2.70. The van der Waals surface area contributed by atoms with Gasteiger partial charge in [0.1, 0.15) is 16.7 Å². The van der Waals surface area contributed by atoms with E-state index in [1.807, 2.05) is 48.5 Å². The third-order valence-corrected chi connectivity index (χ3v) is 5.30. The number of hydrogen-bond acceptors (Lipinski definition) is 3. The van der Waals surface area contributed by atoms with Crippen LogP contribution in [0.2, 0.25) is 0 Å². The van der Waals surface area contributed by atoms with Crippen LogP contribution in [0.5, 0.6) is 5.75 Å². The van der Waals surface area contributed by atoms with E-state index < -0.39 is 15.9 Å². The van der Waals surface area contributed by atoms with E-state index in [2.05, 4.69) is 5.92 Å². The lowest BCUT2D eigenvalue weighted by atomic mass is 10.1. The molecule has 1 fully saturated rings. The van der Waals surface area contributed by atoms with Crippen molar-refractivity contribution in [2.75, 3.05) is 0 Å². The summed E-state index contributed by atoms with van der Waals surface area (Å²) in [5.74, 6) is 2.82. The van der Waals surface area contributed by atoms with Gasteiger partial charge in [0.15, 0.2) is 5.60 Å². The Kier molecular flexibility index (Phi) is 5.42. The second-order valence-electron chi connectivity index (χ2n) is 7.12. The summed E-state index contributed by atoms with van der Waals surface area (Å²) >= 11 is 12.2. The maximum atomic E-state index is 12.4. The quantitative estimate of drug-likeness (QED) is 0.377. The van der Waals surface area contributed by atoms with Crippen molar-refractivity contribution in [2.24, 2.45) is 0 Å². The standard InChI is InChI=1S/C22H20Cl2O3/c1-4-15-5-7-16(8-6-15)14-26-20(25)21(2,3)27-18-11-9-17(10-12-18)19-13-22(19,23)24/h1,5-12,19H,13-14H2,2-3H3. The second-order valence-corrected chi connectivity index (χ2v) is 8.66. The molecular formula is C22H20Cl2O3. The van der Waals surface area contributed by atoms with E-state index in [1.165, 1.54) is 0 Å². The first-order chi connectivity index (χ1) is 12.7. The smallest absolute Gasteiger partial charge is 0.350 e. The highest BCUT2D eigenvalue weighted by molar-refractivity contribution is 6.51. The number of carbonyl (C=O) groups excluding carboxylic acids is 1. The fraction of sp³-hybridized carbons (Fsp3) is 0.318. The first-order valence-electron chi connectivity index (χ1n) is 8.61. The number of hydrogen-bond donors (Lipinski definition) is 0. The molecule has 5 heteroatoms. The highest BCUT2D eigenvalue weighted by Crippen LogP contribution is 2.59. The zero-order valence-electron chi connectivity index (χ0n) is 15.2. The number of terminal acetylenes is 1. The van der Waals surface area contributed by atoms with Gasteiger partial charge < -0.3 is 9.47 Å². The summed E-state index contributed by atoms with van der Waals surface area (Å²) in [5, 5.41) is 0. The Morgan fingerprint density at radius 3 is 2.30 bits per heavy atom. The lowest BCUT2D eigenvalue weighted by Gasteiger charge is -2.24. The fourth-order valence-corrected chi connectivity index (χ4v) is 3.26. The van der Waals surface area contributed by atoms with Gasteiger partial charge in [0.2, 0.25) is 0 Å². The van der Waals surface area contributed by atoms with Crippen molar-refractivity contribution in [3.8, 4) is 18.1 Å². The van der Waals surface area contributed by atoms with E-state index >= 15 is 0 Å². The molecule has 0 N–H and O–H groups in total. The Labute approximate surface area is 169 Å². The molecule has 0 spiro atoms. The minimum absolute atomic E-state index is 0.147. The van der Waals surface area contributed by atoms with Gasteiger partial charge in [-0.25, -0.2) is 4.79 Å². The molecule has 1 unspecified atom stereocenters. The van der Waals surface area contributed by atoms with Gasteiger partial charge in [-0.3, -0.25) is 0 Å².